The molecule has 0 aliphatic rings. The fourth-order valence-electron chi connectivity index (χ4n) is 0.606. The van der Waals surface area contributed by atoms with Gasteiger partial charge in [0.1, 0.15) is 0 Å². The zero-order valence-corrected chi connectivity index (χ0v) is 8.33. The van der Waals surface area contributed by atoms with Crippen LogP contribution >= 0.6 is 22.6 Å². The summed E-state index contributed by atoms with van der Waals surface area (Å²) in [6.07, 6.45) is 0. The molecule has 0 atom stereocenters. The Morgan fingerprint density at radius 1 is 1.27 bits per heavy atom. The van der Waals surface area contributed by atoms with Gasteiger partial charge in [0, 0.05) is 3.57 Å². The summed E-state index contributed by atoms with van der Waals surface area (Å²) >= 11 is 2.03. The van der Waals surface area contributed by atoms with Gasteiger partial charge >= 0.3 is 10.5 Å². The molecule has 0 aromatic heterocycles. The van der Waals surface area contributed by atoms with Crippen molar-refractivity contribution < 1.29 is 8.42 Å². The number of hydrogen-bond acceptors (Lipinski definition) is 3. The van der Waals surface area contributed by atoms with Gasteiger partial charge < -0.3 is 0 Å². The van der Waals surface area contributed by atoms with Gasteiger partial charge in [-0.25, -0.2) is 0 Å². The van der Waals surface area contributed by atoms with Crippen LogP contribution in [0.15, 0.2) is 28.6 Å². The summed E-state index contributed by atoms with van der Waals surface area (Å²) in [4.78, 5) is 0. The fourth-order valence-corrected chi connectivity index (χ4v) is 1.60. The van der Waals surface area contributed by atoms with E-state index >= 15 is 0 Å². The second-order valence-electron chi connectivity index (χ2n) is 1.76. The molecule has 0 saturated heterocycles. The molecule has 58 valence electrons. The summed E-state index contributed by atoms with van der Waals surface area (Å²) in [5.74, 6) is 0. The minimum Gasteiger partial charge on any atom is -0.163 e. The highest BCUT2D eigenvalue weighted by atomic mass is 127. The summed E-state index contributed by atoms with van der Waals surface area (Å²) in [6.45, 7) is 0. The summed E-state index contributed by atoms with van der Waals surface area (Å²) in [5.41, 5.74) is 0.487. The maximum Gasteiger partial charge on any atom is 0.316 e. The lowest BCUT2D eigenvalue weighted by atomic mass is 10.3. The van der Waals surface area contributed by atoms with Crippen LogP contribution in [0.25, 0.3) is 0 Å². The quantitative estimate of drug-likeness (QED) is 0.739. The molecule has 3 nitrogen and oxygen atoms in total. The SMILES string of the molecule is O=S(=O)=Nc1ccccc1I. The van der Waals surface area contributed by atoms with Gasteiger partial charge in [0.2, 0.25) is 0 Å². The maximum atomic E-state index is 10.2. The van der Waals surface area contributed by atoms with Crippen molar-refractivity contribution in [2.45, 2.75) is 0 Å². The summed E-state index contributed by atoms with van der Waals surface area (Å²) in [7, 11) is -2.36. The lowest BCUT2D eigenvalue weighted by molar-refractivity contribution is 0.622. The topological polar surface area (TPSA) is 46.5 Å². The van der Waals surface area contributed by atoms with Crippen molar-refractivity contribution in [3.63, 3.8) is 0 Å². The molecule has 0 radical (unpaired) electrons. The Morgan fingerprint density at radius 2 is 1.91 bits per heavy atom. The zero-order valence-electron chi connectivity index (χ0n) is 5.36. The summed E-state index contributed by atoms with van der Waals surface area (Å²) < 4.78 is 24.5. The van der Waals surface area contributed by atoms with Crippen molar-refractivity contribution in [1.29, 1.82) is 0 Å². The first kappa shape index (κ1) is 8.66. The molecule has 0 aliphatic carbocycles. The largest absolute Gasteiger partial charge is 0.316 e. The van der Waals surface area contributed by atoms with E-state index in [0.717, 1.165) is 3.57 Å². The molecule has 0 spiro atoms. The third-order valence-corrected chi connectivity index (χ3v) is 2.28. The number of benzene rings is 1. The second-order valence-corrected chi connectivity index (χ2v) is 3.54. The van der Waals surface area contributed by atoms with E-state index in [2.05, 4.69) is 4.36 Å². The number of hydrogen-bond donors (Lipinski definition) is 0. The van der Waals surface area contributed by atoms with E-state index in [1.807, 2.05) is 28.7 Å². The van der Waals surface area contributed by atoms with E-state index in [0.29, 0.717) is 5.69 Å². The first-order valence-corrected chi connectivity index (χ1v) is 4.87. The highest BCUT2D eigenvalue weighted by molar-refractivity contribution is 14.1. The Morgan fingerprint density at radius 3 is 2.45 bits per heavy atom. The molecule has 1 aromatic rings. The van der Waals surface area contributed by atoms with Crippen molar-refractivity contribution in [1.82, 2.24) is 0 Å². The van der Waals surface area contributed by atoms with Crippen LogP contribution in [-0.4, -0.2) is 8.42 Å². The van der Waals surface area contributed by atoms with Crippen LogP contribution in [0.2, 0.25) is 0 Å². The van der Waals surface area contributed by atoms with Crippen LogP contribution in [0.5, 0.6) is 0 Å². The van der Waals surface area contributed by atoms with E-state index in [1.54, 1.807) is 18.2 Å². The molecule has 0 amide bonds. The van der Waals surface area contributed by atoms with Gasteiger partial charge in [0.25, 0.3) is 0 Å². The normalized spacial score (nSPS) is 9.18. The van der Waals surface area contributed by atoms with Crippen molar-refractivity contribution in [2.75, 3.05) is 0 Å². The Kier molecular flexibility index (Phi) is 3.01. The second kappa shape index (κ2) is 3.82. The lowest BCUT2D eigenvalue weighted by Crippen LogP contribution is -1.70. The molecule has 1 rings (SSSR count). The van der Waals surface area contributed by atoms with E-state index in [-0.39, 0.29) is 0 Å². The number of halogens is 1. The maximum absolute atomic E-state index is 10.2. The van der Waals surface area contributed by atoms with Crippen LogP contribution in [0.1, 0.15) is 0 Å². The fraction of sp³-hybridized carbons (Fsp3) is 0. The molecule has 0 bridgehead atoms. The predicted molar refractivity (Wildman–Crippen MR) is 50.2 cm³/mol. The van der Waals surface area contributed by atoms with Gasteiger partial charge in [-0.3, -0.25) is 0 Å². The minimum atomic E-state index is -2.36. The molecule has 0 N–H and O–H groups in total. The summed E-state index contributed by atoms with van der Waals surface area (Å²) in [6, 6.07) is 7.02. The van der Waals surface area contributed by atoms with Crippen LogP contribution in [0, 0.1) is 3.57 Å². The number of nitrogens with zero attached hydrogens (tertiary/aromatic N) is 1. The van der Waals surface area contributed by atoms with Gasteiger partial charge in [0.15, 0.2) is 0 Å². The predicted octanol–water partition coefficient (Wildman–Crippen LogP) is 1.99. The van der Waals surface area contributed by atoms with Gasteiger partial charge in [0.05, 0.1) is 5.69 Å². The van der Waals surface area contributed by atoms with Crippen molar-refractivity contribution in [3.05, 3.63) is 27.8 Å². The van der Waals surface area contributed by atoms with Crippen LogP contribution in [0.4, 0.5) is 5.69 Å². The average molecular weight is 281 g/mol. The van der Waals surface area contributed by atoms with Crippen LogP contribution in [-0.2, 0) is 10.5 Å². The lowest BCUT2D eigenvalue weighted by Gasteiger charge is -1.90. The molecule has 0 aliphatic heterocycles. The smallest absolute Gasteiger partial charge is 0.163 e. The molecule has 5 heteroatoms. The van der Waals surface area contributed by atoms with E-state index in [4.69, 9.17) is 0 Å². The van der Waals surface area contributed by atoms with E-state index in [9.17, 15) is 8.42 Å². The zero-order chi connectivity index (χ0) is 8.27. The van der Waals surface area contributed by atoms with Crippen molar-refractivity contribution in [2.24, 2.45) is 4.36 Å². The van der Waals surface area contributed by atoms with E-state index < -0.39 is 10.5 Å². The van der Waals surface area contributed by atoms with Crippen molar-refractivity contribution >= 4 is 38.8 Å². The van der Waals surface area contributed by atoms with Gasteiger partial charge in [-0.2, -0.15) is 8.42 Å². The molecule has 1 aromatic carbocycles. The van der Waals surface area contributed by atoms with Crippen LogP contribution < -0.4 is 0 Å². The van der Waals surface area contributed by atoms with Crippen LogP contribution in [0.3, 0.4) is 0 Å². The standard InChI is InChI=1S/C6H4INO2S/c7-5-3-1-2-4-6(5)8-11(9)10/h1-4H. The minimum absolute atomic E-state index is 0.487. The monoisotopic (exact) mass is 281 g/mol. The Balaban J connectivity index is 3.25. The highest BCUT2D eigenvalue weighted by Crippen LogP contribution is 2.19. The molecular formula is C6H4INO2S. The molecule has 0 fully saturated rings. The Hall–Kier alpha value is -0.430. The third-order valence-electron chi connectivity index (χ3n) is 1.03. The summed E-state index contributed by atoms with van der Waals surface area (Å²) in [5, 5.41) is 0. The molecular weight excluding hydrogens is 277 g/mol. The first-order chi connectivity index (χ1) is 5.20. The molecule has 0 heterocycles. The third kappa shape index (κ3) is 2.58. The molecule has 0 saturated carbocycles. The molecule has 0 unspecified atom stereocenters. The van der Waals surface area contributed by atoms with Gasteiger partial charge in [-0.15, -0.1) is 4.36 Å². The molecule has 11 heavy (non-hydrogen) atoms. The average Bonchev–Trinajstić information content (AvgIpc) is 1.93. The van der Waals surface area contributed by atoms with Crippen molar-refractivity contribution in [3.8, 4) is 0 Å². The number of rotatable bonds is 1. The Bertz CT molecular complexity index is 377. The van der Waals surface area contributed by atoms with Gasteiger partial charge in [-0.05, 0) is 34.7 Å². The van der Waals surface area contributed by atoms with Gasteiger partial charge in [-0.1, -0.05) is 12.1 Å². The highest BCUT2D eigenvalue weighted by Gasteiger charge is 1.93. The first-order valence-electron chi connectivity index (χ1n) is 2.76. The Labute approximate surface area is 79.3 Å². The van der Waals surface area contributed by atoms with E-state index in [1.165, 1.54) is 0 Å².